The summed E-state index contributed by atoms with van der Waals surface area (Å²) in [4.78, 5) is 41.5. The van der Waals surface area contributed by atoms with Crippen LogP contribution in [0.3, 0.4) is 0 Å². The van der Waals surface area contributed by atoms with Gasteiger partial charge in [-0.25, -0.2) is 9.18 Å². The highest BCUT2D eigenvalue weighted by molar-refractivity contribution is 6.09. The molecule has 4 amide bonds. The van der Waals surface area contributed by atoms with Crippen LogP contribution in [0.1, 0.15) is 59.4 Å². The number of rotatable bonds is 8. The van der Waals surface area contributed by atoms with Gasteiger partial charge in [-0.3, -0.25) is 14.5 Å². The zero-order chi connectivity index (χ0) is 21.1. The molecule has 3 atom stereocenters. The molecule has 28 heavy (non-hydrogen) atoms. The summed E-state index contributed by atoms with van der Waals surface area (Å²) in [5.74, 6) is -1.15. The highest BCUT2D eigenvalue weighted by Crippen LogP contribution is 2.32. The Morgan fingerprint density at radius 1 is 1.11 bits per heavy atom. The molecule has 1 aliphatic rings. The number of hydrogen-bond donors (Lipinski definition) is 1. The van der Waals surface area contributed by atoms with E-state index in [9.17, 15) is 18.8 Å². The van der Waals surface area contributed by atoms with Crippen molar-refractivity contribution in [2.24, 2.45) is 0 Å². The molecular weight excluding hydrogens is 361 g/mol. The molecule has 1 heterocycles. The number of nitrogens with one attached hydrogen (secondary N) is 1. The fourth-order valence-electron chi connectivity index (χ4n) is 3.68. The Morgan fingerprint density at radius 3 is 2.11 bits per heavy atom. The molecule has 1 saturated heterocycles. The summed E-state index contributed by atoms with van der Waals surface area (Å²) in [6, 6.07) is 4.92. The zero-order valence-electron chi connectivity index (χ0n) is 17.3. The predicted molar refractivity (Wildman–Crippen MR) is 105 cm³/mol. The maximum absolute atomic E-state index is 13.3. The van der Waals surface area contributed by atoms with Gasteiger partial charge < -0.3 is 10.2 Å². The van der Waals surface area contributed by atoms with E-state index in [1.54, 1.807) is 11.8 Å². The highest BCUT2D eigenvalue weighted by Gasteiger charge is 2.52. The van der Waals surface area contributed by atoms with Crippen LogP contribution < -0.4 is 5.32 Å². The summed E-state index contributed by atoms with van der Waals surface area (Å²) in [5, 5.41) is 2.73. The van der Waals surface area contributed by atoms with Crippen LogP contribution in [0.25, 0.3) is 0 Å². The van der Waals surface area contributed by atoms with Crippen LogP contribution in [-0.2, 0) is 15.1 Å². The summed E-state index contributed by atoms with van der Waals surface area (Å²) in [5.41, 5.74) is -0.770. The molecule has 0 aromatic heterocycles. The van der Waals surface area contributed by atoms with Crippen molar-refractivity contribution in [1.29, 1.82) is 0 Å². The van der Waals surface area contributed by atoms with Crippen LogP contribution in [0.4, 0.5) is 9.18 Å². The molecule has 1 aromatic carbocycles. The van der Waals surface area contributed by atoms with E-state index in [2.05, 4.69) is 5.32 Å². The minimum Gasteiger partial charge on any atom is -0.336 e. The Labute approximate surface area is 166 Å². The first-order chi connectivity index (χ1) is 13.2. The molecule has 6 nitrogen and oxygen atoms in total. The zero-order valence-corrected chi connectivity index (χ0v) is 17.3. The minimum atomic E-state index is -1.28. The quantitative estimate of drug-likeness (QED) is 0.691. The molecular formula is C21H30FN3O3. The molecule has 1 fully saturated rings. The van der Waals surface area contributed by atoms with Crippen molar-refractivity contribution in [3.05, 3.63) is 35.6 Å². The molecule has 0 aliphatic carbocycles. The molecule has 1 aliphatic heterocycles. The maximum atomic E-state index is 13.3. The number of imide groups is 1. The van der Waals surface area contributed by atoms with Crippen LogP contribution in [0.15, 0.2) is 24.3 Å². The third-order valence-electron chi connectivity index (χ3n) is 5.76. The second kappa shape index (κ2) is 8.71. The van der Waals surface area contributed by atoms with Gasteiger partial charge in [0.2, 0.25) is 5.91 Å². The molecule has 0 bridgehead atoms. The third kappa shape index (κ3) is 3.88. The predicted octanol–water partition coefficient (Wildman–Crippen LogP) is 3.41. The first kappa shape index (κ1) is 21.9. The van der Waals surface area contributed by atoms with Crippen LogP contribution >= 0.6 is 0 Å². The van der Waals surface area contributed by atoms with Gasteiger partial charge in [0.15, 0.2) is 0 Å². The number of amides is 4. The van der Waals surface area contributed by atoms with Crippen molar-refractivity contribution in [2.45, 2.75) is 71.5 Å². The van der Waals surface area contributed by atoms with Gasteiger partial charge >= 0.3 is 6.03 Å². The van der Waals surface area contributed by atoms with E-state index in [1.165, 1.54) is 24.3 Å². The second-order valence-corrected chi connectivity index (χ2v) is 7.40. The number of urea groups is 1. The van der Waals surface area contributed by atoms with Crippen molar-refractivity contribution < 1.29 is 18.8 Å². The van der Waals surface area contributed by atoms with E-state index in [0.29, 0.717) is 12.0 Å². The molecule has 7 heteroatoms. The van der Waals surface area contributed by atoms with Gasteiger partial charge in [0, 0.05) is 12.1 Å². The number of halogens is 1. The van der Waals surface area contributed by atoms with Crippen LogP contribution in [0.2, 0.25) is 0 Å². The fourth-order valence-corrected chi connectivity index (χ4v) is 3.68. The standard InChI is InChI=1S/C21H30FN3O3/c1-6-14(4)25(15(5)7-2)18(26)13-24-19(27)21(8-3,23-20(24)28)16-9-11-17(22)12-10-16/h9-12,14-15H,6-8,13H2,1-5H3,(H,23,28)/t14-,15-,21-/m1/s1. The van der Waals surface area contributed by atoms with Gasteiger partial charge in [-0.2, -0.15) is 0 Å². The van der Waals surface area contributed by atoms with Crippen molar-refractivity contribution in [3.8, 4) is 0 Å². The highest BCUT2D eigenvalue weighted by atomic mass is 19.1. The van der Waals surface area contributed by atoms with Gasteiger partial charge in [-0.1, -0.05) is 32.9 Å². The Hall–Kier alpha value is -2.44. The first-order valence-electron chi connectivity index (χ1n) is 9.93. The number of hydrogen-bond acceptors (Lipinski definition) is 3. The van der Waals surface area contributed by atoms with Crippen LogP contribution in [-0.4, -0.2) is 46.3 Å². The summed E-state index contributed by atoms with van der Waals surface area (Å²) in [6.07, 6.45) is 1.86. The summed E-state index contributed by atoms with van der Waals surface area (Å²) in [6.45, 7) is 9.39. The van der Waals surface area contributed by atoms with Crippen molar-refractivity contribution in [1.82, 2.24) is 15.1 Å². The van der Waals surface area contributed by atoms with E-state index in [-0.39, 0.29) is 24.5 Å². The molecule has 0 radical (unpaired) electrons. The molecule has 0 spiro atoms. The monoisotopic (exact) mass is 391 g/mol. The largest absolute Gasteiger partial charge is 0.336 e. The van der Waals surface area contributed by atoms with Crippen molar-refractivity contribution >= 4 is 17.8 Å². The van der Waals surface area contributed by atoms with Gasteiger partial charge in [-0.05, 0) is 50.8 Å². The minimum absolute atomic E-state index is 0.0104. The van der Waals surface area contributed by atoms with Gasteiger partial charge in [0.1, 0.15) is 17.9 Å². The van der Waals surface area contributed by atoms with E-state index in [0.717, 1.165) is 17.7 Å². The molecule has 1 N–H and O–H groups in total. The molecule has 154 valence electrons. The summed E-state index contributed by atoms with van der Waals surface area (Å²) in [7, 11) is 0. The first-order valence-corrected chi connectivity index (χ1v) is 9.93. The normalized spacial score (nSPS) is 21.4. The Kier molecular flexibility index (Phi) is 6.80. The van der Waals surface area contributed by atoms with Gasteiger partial charge in [0.05, 0.1) is 0 Å². The summed E-state index contributed by atoms with van der Waals surface area (Å²) >= 11 is 0. The van der Waals surface area contributed by atoms with Gasteiger partial charge in [-0.15, -0.1) is 0 Å². The Morgan fingerprint density at radius 2 is 1.64 bits per heavy atom. The third-order valence-corrected chi connectivity index (χ3v) is 5.76. The maximum Gasteiger partial charge on any atom is 0.325 e. The lowest BCUT2D eigenvalue weighted by Crippen LogP contribution is -2.50. The lowest BCUT2D eigenvalue weighted by molar-refractivity contribution is -0.142. The number of benzene rings is 1. The average Bonchev–Trinajstić information content (AvgIpc) is 2.93. The van der Waals surface area contributed by atoms with Gasteiger partial charge in [0.25, 0.3) is 5.91 Å². The lowest BCUT2D eigenvalue weighted by atomic mass is 9.87. The van der Waals surface area contributed by atoms with E-state index in [1.807, 2.05) is 27.7 Å². The summed E-state index contributed by atoms with van der Waals surface area (Å²) < 4.78 is 13.3. The lowest BCUT2D eigenvalue weighted by Gasteiger charge is -2.35. The smallest absolute Gasteiger partial charge is 0.325 e. The van der Waals surface area contributed by atoms with E-state index >= 15 is 0 Å². The molecule has 0 saturated carbocycles. The number of carbonyl (C=O) groups excluding carboxylic acids is 3. The van der Waals surface area contributed by atoms with Crippen LogP contribution in [0, 0.1) is 5.82 Å². The van der Waals surface area contributed by atoms with E-state index in [4.69, 9.17) is 0 Å². The number of carbonyl (C=O) groups is 3. The van der Waals surface area contributed by atoms with Crippen LogP contribution in [0.5, 0.6) is 0 Å². The molecule has 2 rings (SSSR count). The Balaban J connectivity index is 2.29. The molecule has 1 aromatic rings. The second-order valence-electron chi connectivity index (χ2n) is 7.40. The van der Waals surface area contributed by atoms with Crippen molar-refractivity contribution in [3.63, 3.8) is 0 Å². The fraction of sp³-hybridized carbons (Fsp3) is 0.571. The number of nitrogens with zero attached hydrogens (tertiary/aromatic N) is 2. The van der Waals surface area contributed by atoms with Crippen molar-refractivity contribution in [2.75, 3.05) is 6.54 Å². The molecule has 0 unspecified atom stereocenters. The average molecular weight is 391 g/mol. The topological polar surface area (TPSA) is 69.7 Å². The SMILES string of the molecule is CC[C@@H](C)N(C(=O)CN1C(=O)N[C@](CC)(c2ccc(F)cc2)C1=O)[C@H](C)CC. The Bertz CT molecular complexity index is 727. The van der Waals surface area contributed by atoms with E-state index < -0.39 is 23.3 Å².